The first-order valence-electron chi connectivity index (χ1n) is 6.61. The number of hydrogen-bond donors (Lipinski definition) is 1. The number of imidazole rings is 1. The molecule has 20 heavy (non-hydrogen) atoms. The minimum absolute atomic E-state index is 0.131. The monoisotopic (exact) mass is 265 g/mol. The lowest BCUT2D eigenvalue weighted by molar-refractivity contribution is 0.0984. The summed E-state index contributed by atoms with van der Waals surface area (Å²) >= 11 is 0. The number of nitrogens with one attached hydrogen (secondary N) is 1. The van der Waals surface area contributed by atoms with Crippen LogP contribution in [0.25, 0.3) is 10.9 Å². The van der Waals surface area contributed by atoms with Gasteiger partial charge in [0.2, 0.25) is 0 Å². The van der Waals surface area contributed by atoms with Gasteiger partial charge in [-0.2, -0.15) is 0 Å². The first-order chi connectivity index (χ1) is 9.75. The predicted molar refractivity (Wildman–Crippen MR) is 77.7 cm³/mol. The Balaban J connectivity index is 1.84. The number of ketones is 1. The molecule has 0 unspecified atom stereocenters. The predicted octanol–water partition coefficient (Wildman–Crippen LogP) is 3.08. The number of pyridine rings is 1. The molecule has 2 heterocycles. The molecule has 0 bridgehead atoms. The van der Waals surface area contributed by atoms with Crippen molar-refractivity contribution < 1.29 is 4.79 Å². The zero-order valence-electron chi connectivity index (χ0n) is 11.3. The molecule has 0 saturated heterocycles. The maximum Gasteiger partial charge on any atom is 0.164 e. The van der Waals surface area contributed by atoms with Gasteiger partial charge in [-0.25, -0.2) is 4.98 Å². The summed E-state index contributed by atoms with van der Waals surface area (Å²) in [7, 11) is 0. The van der Waals surface area contributed by atoms with Crippen molar-refractivity contribution in [3.05, 3.63) is 59.8 Å². The van der Waals surface area contributed by atoms with Gasteiger partial charge in [0.1, 0.15) is 0 Å². The summed E-state index contributed by atoms with van der Waals surface area (Å²) in [5.74, 6) is 0.131. The lowest BCUT2D eigenvalue weighted by atomic mass is 10.0. The quantitative estimate of drug-likeness (QED) is 0.737. The minimum atomic E-state index is 0.131. The van der Waals surface area contributed by atoms with Gasteiger partial charge in [0.05, 0.1) is 17.5 Å². The third kappa shape index (κ3) is 2.32. The molecule has 4 nitrogen and oxygen atoms in total. The molecule has 1 aromatic carbocycles. The Hall–Kier alpha value is -2.49. The molecule has 0 aliphatic carbocycles. The van der Waals surface area contributed by atoms with Crippen molar-refractivity contribution >= 4 is 16.7 Å². The number of aryl methyl sites for hydroxylation is 2. The molecule has 3 aromatic rings. The van der Waals surface area contributed by atoms with Gasteiger partial charge in [-0.05, 0) is 25.5 Å². The summed E-state index contributed by atoms with van der Waals surface area (Å²) < 4.78 is 0. The Morgan fingerprint density at radius 3 is 2.85 bits per heavy atom. The van der Waals surface area contributed by atoms with E-state index in [2.05, 4.69) is 15.0 Å². The summed E-state index contributed by atoms with van der Waals surface area (Å²) in [4.78, 5) is 23.9. The largest absolute Gasteiger partial charge is 0.348 e. The molecule has 0 aliphatic rings. The molecule has 2 aromatic heterocycles. The minimum Gasteiger partial charge on any atom is -0.348 e. The van der Waals surface area contributed by atoms with E-state index >= 15 is 0 Å². The number of carbonyl (C=O) groups excluding carboxylic acids is 1. The standard InChI is InChI=1S/C16H15N3O/c1-11-14(19-10-18-11)6-7-16(20)13-8-9-17-15-5-3-2-4-12(13)15/h2-5,8-10H,6-7H2,1H3,(H,18,19). The summed E-state index contributed by atoms with van der Waals surface area (Å²) in [5, 5.41) is 0.916. The number of H-pyrrole nitrogens is 1. The second-order valence-electron chi connectivity index (χ2n) is 4.77. The van der Waals surface area contributed by atoms with Crippen molar-refractivity contribution in [2.45, 2.75) is 19.8 Å². The van der Waals surface area contributed by atoms with E-state index in [1.807, 2.05) is 31.2 Å². The van der Waals surface area contributed by atoms with Crippen molar-refractivity contribution in [2.24, 2.45) is 0 Å². The summed E-state index contributed by atoms with van der Waals surface area (Å²) in [5.41, 5.74) is 3.58. The molecule has 100 valence electrons. The van der Waals surface area contributed by atoms with E-state index in [1.165, 1.54) is 0 Å². The van der Waals surface area contributed by atoms with Crippen molar-refractivity contribution in [2.75, 3.05) is 0 Å². The van der Waals surface area contributed by atoms with Crippen molar-refractivity contribution in [1.29, 1.82) is 0 Å². The van der Waals surface area contributed by atoms with Crippen LogP contribution < -0.4 is 0 Å². The smallest absolute Gasteiger partial charge is 0.164 e. The van der Waals surface area contributed by atoms with E-state index in [1.54, 1.807) is 18.6 Å². The zero-order chi connectivity index (χ0) is 13.9. The lowest BCUT2D eigenvalue weighted by Gasteiger charge is -2.04. The van der Waals surface area contributed by atoms with E-state index in [0.717, 1.165) is 27.9 Å². The lowest BCUT2D eigenvalue weighted by Crippen LogP contribution is -2.03. The van der Waals surface area contributed by atoms with Crippen LogP contribution >= 0.6 is 0 Å². The number of hydrogen-bond acceptors (Lipinski definition) is 3. The second kappa shape index (κ2) is 5.25. The van der Waals surface area contributed by atoms with Crippen LogP contribution in [0, 0.1) is 6.92 Å². The van der Waals surface area contributed by atoms with E-state index < -0.39 is 0 Å². The van der Waals surface area contributed by atoms with Crippen LogP contribution in [0.15, 0.2) is 42.9 Å². The summed E-state index contributed by atoms with van der Waals surface area (Å²) in [6.07, 6.45) is 4.47. The molecule has 0 fully saturated rings. The summed E-state index contributed by atoms with van der Waals surface area (Å²) in [6, 6.07) is 9.51. The number of carbonyl (C=O) groups is 1. The van der Waals surface area contributed by atoms with Crippen LogP contribution in [-0.4, -0.2) is 20.7 Å². The molecule has 4 heteroatoms. The Kier molecular flexibility index (Phi) is 3.29. The number of Topliss-reactive ketones (excluding diaryl/α,β-unsaturated/α-hetero) is 1. The van der Waals surface area contributed by atoms with Gasteiger partial charge in [0.15, 0.2) is 5.78 Å². The molecule has 0 saturated carbocycles. The Bertz CT molecular complexity index is 756. The van der Waals surface area contributed by atoms with Crippen molar-refractivity contribution in [1.82, 2.24) is 15.0 Å². The first kappa shape index (κ1) is 12.5. The van der Waals surface area contributed by atoms with Gasteiger partial charge in [0.25, 0.3) is 0 Å². The molecule has 0 spiro atoms. The second-order valence-corrected chi connectivity index (χ2v) is 4.77. The normalized spacial score (nSPS) is 10.8. The number of para-hydroxylation sites is 1. The SMILES string of the molecule is Cc1[nH]cnc1CCC(=O)c1ccnc2ccccc12. The molecular weight excluding hydrogens is 250 g/mol. The van der Waals surface area contributed by atoms with E-state index in [4.69, 9.17) is 0 Å². The number of aromatic nitrogens is 3. The molecule has 0 radical (unpaired) electrons. The first-order valence-corrected chi connectivity index (χ1v) is 6.61. The van der Waals surface area contributed by atoms with Crippen LogP contribution in [0.2, 0.25) is 0 Å². The average Bonchev–Trinajstić information content (AvgIpc) is 2.89. The molecule has 0 aliphatic heterocycles. The highest BCUT2D eigenvalue weighted by Gasteiger charge is 2.11. The van der Waals surface area contributed by atoms with Crippen LogP contribution in [0.1, 0.15) is 28.2 Å². The molecule has 1 N–H and O–H groups in total. The topological polar surface area (TPSA) is 58.6 Å². The fraction of sp³-hybridized carbons (Fsp3) is 0.188. The number of rotatable bonds is 4. The number of fused-ring (bicyclic) bond motifs is 1. The van der Waals surface area contributed by atoms with Crippen LogP contribution in [0.5, 0.6) is 0 Å². The van der Waals surface area contributed by atoms with Crippen molar-refractivity contribution in [3.63, 3.8) is 0 Å². The maximum atomic E-state index is 12.4. The highest BCUT2D eigenvalue weighted by Crippen LogP contribution is 2.18. The van der Waals surface area contributed by atoms with Gasteiger partial charge < -0.3 is 4.98 Å². The van der Waals surface area contributed by atoms with Gasteiger partial charge in [-0.15, -0.1) is 0 Å². The van der Waals surface area contributed by atoms with E-state index in [0.29, 0.717) is 12.8 Å². The highest BCUT2D eigenvalue weighted by atomic mass is 16.1. The molecule has 3 rings (SSSR count). The molecular formula is C16H15N3O. The summed E-state index contributed by atoms with van der Waals surface area (Å²) in [6.45, 7) is 1.97. The highest BCUT2D eigenvalue weighted by molar-refractivity contribution is 6.07. The third-order valence-electron chi connectivity index (χ3n) is 3.47. The number of nitrogens with zero attached hydrogens (tertiary/aromatic N) is 2. The maximum absolute atomic E-state index is 12.4. The average molecular weight is 265 g/mol. The Morgan fingerprint density at radius 2 is 2.05 bits per heavy atom. The van der Waals surface area contributed by atoms with E-state index in [-0.39, 0.29) is 5.78 Å². The zero-order valence-corrected chi connectivity index (χ0v) is 11.3. The fourth-order valence-electron chi connectivity index (χ4n) is 2.34. The van der Waals surface area contributed by atoms with Crippen LogP contribution in [0.3, 0.4) is 0 Å². The molecule has 0 atom stereocenters. The van der Waals surface area contributed by atoms with Crippen LogP contribution in [0.4, 0.5) is 0 Å². The van der Waals surface area contributed by atoms with Gasteiger partial charge in [-0.3, -0.25) is 9.78 Å². The number of aromatic amines is 1. The van der Waals surface area contributed by atoms with Crippen molar-refractivity contribution in [3.8, 4) is 0 Å². The number of benzene rings is 1. The third-order valence-corrected chi connectivity index (χ3v) is 3.47. The Labute approximate surface area is 116 Å². The van der Waals surface area contributed by atoms with Gasteiger partial charge in [-0.1, -0.05) is 18.2 Å². The van der Waals surface area contributed by atoms with Crippen LogP contribution in [-0.2, 0) is 6.42 Å². The fourth-order valence-corrected chi connectivity index (χ4v) is 2.34. The van der Waals surface area contributed by atoms with E-state index in [9.17, 15) is 4.79 Å². The molecule has 0 amide bonds. The van der Waals surface area contributed by atoms with Gasteiger partial charge >= 0.3 is 0 Å². The van der Waals surface area contributed by atoms with Gasteiger partial charge in [0, 0.05) is 29.3 Å². The Morgan fingerprint density at radius 1 is 1.20 bits per heavy atom.